The third-order valence-electron chi connectivity index (χ3n) is 4.37. The molecule has 1 aromatic carbocycles. The Balaban J connectivity index is 2.59. The van der Waals surface area contributed by atoms with Crippen molar-refractivity contribution in [3.63, 3.8) is 0 Å². The summed E-state index contributed by atoms with van der Waals surface area (Å²) in [5, 5.41) is 10.1. The van der Waals surface area contributed by atoms with Crippen LogP contribution in [0.3, 0.4) is 0 Å². The summed E-state index contributed by atoms with van der Waals surface area (Å²) in [6.07, 6.45) is 1.90. The molecule has 0 aliphatic carbocycles. The van der Waals surface area contributed by atoms with Gasteiger partial charge in [0.05, 0.1) is 7.11 Å². The number of benzene rings is 1. The molecule has 1 aromatic rings. The quantitative estimate of drug-likeness (QED) is 0.591. The predicted molar refractivity (Wildman–Crippen MR) is 104 cm³/mol. The van der Waals surface area contributed by atoms with Crippen LogP contribution in [0, 0.1) is 0 Å². The van der Waals surface area contributed by atoms with Gasteiger partial charge in [0.25, 0.3) is 0 Å². The number of hydrogen-bond acceptors (Lipinski definition) is 5. The van der Waals surface area contributed by atoms with Gasteiger partial charge in [0.2, 0.25) is 0 Å². The van der Waals surface area contributed by atoms with Crippen molar-refractivity contribution in [2.45, 2.75) is 46.3 Å². The van der Waals surface area contributed by atoms with Crippen molar-refractivity contribution in [3.05, 3.63) is 23.8 Å². The first-order valence-electron chi connectivity index (χ1n) is 9.42. The molecule has 0 bridgehead atoms. The van der Waals surface area contributed by atoms with E-state index >= 15 is 0 Å². The van der Waals surface area contributed by atoms with E-state index in [4.69, 9.17) is 9.47 Å². The number of methoxy groups -OCH3 is 1. The molecule has 0 aliphatic heterocycles. The van der Waals surface area contributed by atoms with E-state index in [0.717, 1.165) is 31.9 Å². The van der Waals surface area contributed by atoms with E-state index in [9.17, 15) is 5.11 Å². The van der Waals surface area contributed by atoms with Crippen LogP contribution in [0.1, 0.15) is 39.2 Å². The average Bonchev–Trinajstić information content (AvgIpc) is 2.63. The van der Waals surface area contributed by atoms with Gasteiger partial charge >= 0.3 is 0 Å². The topological polar surface area (TPSA) is 45.2 Å². The third kappa shape index (κ3) is 8.08. The Morgan fingerprint density at radius 1 is 1.12 bits per heavy atom. The molecular weight excluding hydrogens is 316 g/mol. The lowest BCUT2D eigenvalue weighted by atomic mass is 10.2. The van der Waals surface area contributed by atoms with Gasteiger partial charge in [-0.05, 0) is 50.8 Å². The van der Waals surface area contributed by atoms with Crippen molar-refractivity contribution >= 4 is 0 Å². The molecule has 25 heavy (non-hydrogen) atoms. The maximum absolute atomic E-state index is 10.1. The van der Waals surface area contributed by atoms with Crippen molar-refractivity contribution in [1.82, 2.24) is 9.80 Å². The van der Waals surface area contributed by atoms with Crippen LogP contribution in [0.4, 0.5) is 0 Å². The Hall–Kier alpha value is -1.30. The molecule has 0 aromatic heterocycles. The molecule has 1 atom stereocenters. The van der Waals surface area contributed by atoms with Crippen molar-refractivity contribution in [3.8, 4) is 11.5 Å². The normalized spacial score (nSPS) is 12.6. The molecule has 5 nitrogen and oxygen atoms in total. The van der Waals surface area contributed by atoms with E-state index in [1.165, 1.54) is 18.4 Å². The van der Waals surface area contributed by atoms with E-state index in [1.54, 1.807) is 7.11 Å². The minimum atomic E-state index is -0.510. The fourth-order valence-electron chi connectivity index (χ4n) is 2.77. The third-order valence-corrected chi connectivity index (χ3v) is 4.37. The monoisotopic (exact) mass is 352 g/mol. The molecule has 0 radical (unpaired) electrons. The summed E-state index contributed by atoms with van der Waals surface area (Å²) in [5.74, 6) is 1.40. The second-order valence-corrected chi connectivity index (χ2v) is 6.53. The van der Waals surface area contributed by atoms with E-state index < -0.39 is 6.10 Å². The van der Waals surface area contributed by atoms with Gasteiger partial charge in [0, 0.05) is 13.1 Å². The molecule has 0 saturated carbocycles. The molecule has 1 rings (SSSR count). The summed E-state index contributed by atoms with van der Waals surface area (Å²) >= 11 is 0. The summed E-state index contributed by atoms with van der Waals surface area (Å²) in [6.45, 7) is 11.1. The molecule has 0 amide bonds. The number of aliphatic hydroxyl groups excluding tert-OH is 1. The smallest absolute Gasteiger partial charge is 0.161 e. The lowest BCUT2D eigenvalue weighted by Gasteiger charge is -2.22. The Morgan fingerprint density at radius 2 is 1.84 bits per heavy atom. The molecule has 0 aliphatic rings. The SMILES string of the molecule is CCCCN(C)Cc1ccc(OCC(O)CN(CC)CC)c(OC)c1. The second kappa shape index (κ2) is 12.1. The van der Waals surface area contributed by atoms with Crippen LogP contribution in [0.5, 0.6) is 11.5 Å². The van der Waals surface area contributed by atoms with Gasteiger partial charge in [0.1, 0.15) is 12.7 Å². The van der Waals surface area contributed by atoms with E-state index in [2.05, 4.69) is 43.7 Å². The first-order chi connectivity index (χ1) is 12.0. The standard InChI is InChI=1S/C20H36N2O3/c1-6-9-12-21(4)14-17-10-11-19(20(13-17)24-5)25-16-18(23)15-22(7-2)8-3/h10-11,13,18,23H,6-9,12,14-16H2,1-5H3. The first-order valence-corrected chi connectivity index (χ1v) is 9.42. The number of hydrogen-bond donors (Lipinski definition) is 1. The molecule has 144 valence electrons. The van der Waals surface area contributed by atoms with E-state index in [-0.39, 0.29) is 6.61 Å². The summed E-state index contributed by atoms with van der Waals surface area (Å²) in [5.41, 5.74) is 1.20. The Kier molecular flexibility index (Phi) is 10.5. The summed E-state index contributed by atoms with van der Waals surface area (Å²) in [6, 6.07) is 6.03. The van der Waals surface area contributed by atoms with Gasteiger partial charge in [-0.2, -0.15) is 0 Å². The summed E-state index contributed by atoms with van der Waals surface area (Å²) in [7, 11) is 3.79. The number of aliphatic hydroxyl groups is 1. The predicted octanol–water partition coefficient (Wildman–Crippen LogP) is 3.01. The lowest BCUT2D eigenvalue weighted by molar-refractivity contribution is 0.0705. The number of ether oxygens (including phenoxy) is 2. The van der Waals surface area contributed by atoms with Crippen molar-refractivity contribution in [1.29, 1.82) is 0 Å². The zero-order chi connectivity index (χ0) is 18.7. The Bertz CT molecular complexity index is 478. The molecular formula is C20H36N2O3. The Morgan fingerprint density at radius 3 is 2.44 bits per heavy atom. The van der Waals surface area contributed by atoms with Crippen LogP contribution in [-0.2, 0) is 6.54 Å². The number of nitrogens with zero attached hydrogens (tertiary/aromatic N) is 2. The van der Waals surface area contributed by atoms with Crippen molar-refractivity contribution in [2.75, 3.05) is 46.9 Å². The molecule has 0 spiro atoms. The highest BCUT2D eigenvalue weighted by Crippen LogP contribution is 2.28. The highest BCUT2D eigenvalue weighted by Gasteiger charge is 2.12. The maximum Gasteiger partial charge on any atom is 0.161 e. The van der Waals surface area contributed by atoms with Gasteiger partial charge in [0.15, 0.2) is 11.5 Å². The zero-order valence-electron chi connectivity index (χ0n) is 16.6. The van der Waals surface area contributed by atoms with Crippen LogP contribution in [0.15, 0.2) is 18.2 Å². The van der Waals surface area contributed by atoms with E-state index in [1.807, 2.05) is 12.1 Å². The molecule has 0 heterocycles. The van der Waals surface area contributed by atoms with Gasteiger partial charge in [-0.15, -0.1) is 0 Å². The van der Waals surface area contributed by atoms with E-state index in [0.29, 0.717) is 12.3 Å². The summed E-state index contributed by atoms with van der Waals surface area (Å²) in [4.78, 5) is 4.49. The fourth-order valence-corrected chi connectivity index (χ4v) is 2.77. The average molecular weight is 353 g/mol. The zero-order valence-corrected chi connectivity index (χ0v) is 16.6. The van der Waals surface area contributed by atoms with Crippen LogP contribution in [0.25, 0.3) is 0 Å². The summed E-state index contributed by atoms with van der Waals surface area (Å²) < 4.78 is 11.3. The van der Waals surface area contributed by atoms with Crippen molar-refractivity contribution < 1.29 is 14.6 Å². The highest BCUT2D eigenvalue weighted by molar-refractivity contribution is 5.43. The molecule has 0 saturated heterocycles. The second-order valence-electron chi connectivity index (χ2n) is 6.53. The minimum Gasteiger partial charge on any atom is -0.493 e. The van der Waals surface area contributed by atoms with Gasteiger partial charge in [-0.1, -0.05) is 33.3 Å². The minimum absolute atomic E-state index is 0.266. The molecule has 5 heteroatoms. The Labute approximate surface area is 153 Å². The molecule has 0 fully saturated rings. The van der Waals surface area contributed by atoms with Crippen LogP contribution in [0.2, 0.25) is 0 Å². The lowest BCUT2D eigenvalue weighted by Crippen LogP contribution is -2.35. The molecule has 1 N–H and O–H groups in total. The number of likely N-dealkylation sites (N-methyl/N-ethyl adjacent to an activating group) is 1. The highest BCUT2D eigenvalue weighted by atomic mass is 16.5. The van der Waals surface area contributed by atoms with Crippen molar-refractivity contribution in [2.24, 2.45) is 0 Å². The maximum atomic E-state index is 10.1. The fraction of sp³-hybridized carbons (Fsp3) is 0.700. The first kappa shape index (κ1) is 21.7. The largest absolute Gasteiger partial charge is 0.493 e. The van der Waals surface area contributed by atoms with Crippen LogP contribution in [-0.4, -0.2) is 68.0 Å². The molecule has 1 unspecified atom stereocenters. The van der Waals surface area contributed by atoms with Crippen LogP contribution < -0.4 is 9.47 Å². The van der Waals surface area contributed by atoms with Gasteiger partial charge < -0.3 is 24.4 Å². The number of unbranched alkanes of at least 4 members (excludes halogenated alkanes) is 1. The van der Waals surface area contributed by atoms with Gasteiger partial charge in [-0.25, -0.2) is 0 Å². The van der Waals surface area contributed by atoms with Crippen LogP contribution >= 0.6 is 0 Å². The number of rotatable bonds is 13. The van der Waals surface area contributed by atoms with Gasteiger partial charge in [-0.3, -0.25) is 0 Å².